The Labute approximate surface area is 331 Å². The van der Waals surface area contributed by atoms with E-state index in [1.54, 1.807) is 0 Å². The van der Waals surface area contributed by atoms with Crippen LogP contribution >= 0.6 is 7.82 Å². The predicted octanol–water partition coefficient (Wildman–Crippen LogP) is 12.1. The number of ether oxygens (including phenoxy) is 2. The zero-order valence-corrected chi connectivity index (χ0v) is 35.7. The van der Waals surface area contributed by atoms with Crippen LogP contribution in [0.1, 0.15) is 213 Å². The number of carboxylic acids is 1. The number of carbonyl (C=O) groups is 2. The molecule has 0 aromatic rings. The van der Waals surface area contributed by atoms with Gasteiger partial charge < -0.3 is 25.2 Å². The van der Waals surface area contributed by atoms with E-state index in [0.717, 1.165) is 57.8 Å². The first-order chi connectivity index (χ1) is 26.2. The van der Waals surface area contributed by atoms with E-state index in [2.05, 4.69) is 26.0 Å². The zero-order valence-electron chi connectivity index (χ0n) is 34.8. The molecule has 0 saturated heterocycles. The fraction of sp³-hybridized carbons (Fsp3) is 0.907. The standard InChI is InChI=1S/C43H84NO9P/c1-3-5-7-9-11-13-15-17-18-19-20-21-22-23-24-26-28-30-32-34-36-50-37-40(38-51-54(48,49)52-39-41(44)43(46)47)53-42(45)35-33-31-29-27-25-16-14-12-10-8-6-4-2/h12,14,40-41H,3-11,13,15-39,44H2,1-2H3,(H,46,47)(H,48,49)/b14-12-. The molecule has 0 rings (SSSR count). The largest absolute Gasteiger partial charge is 0.480 e. The van der Waals surface area contributed by atoms with Crippen LogP contribution in [0.15, 0.2) is 12.2 Å². The van der Waals surface area contributed by atoms with Crippen LogP contribution in [0.4, 0.5) is 0 Å². The molecule has 3 atom stereocenters. The summed E-state index contributed by atoms with van der Waals surface area (Å²) < 4.78 is 33.3. The van der Waals surface area contributed by atoms with Crippen LogP contribution in [0.5, 0.6) is 0 Å². The number of aliphatic carboxylic acids is 1. The summed E-state index contributed by atoms with van der Waals surface area (Å²) in [7, 11) is -4.61. The maximum atomic E-state index is 12.6. The molecule has 0 aromatic heterocycles. The molecule has 0 aromatic carbocycles. The van der Waals surface area contributed by atoms with Crippen LogP contribution in [-0.2, 0) is 32.7 Å². The summed E-state index contributed by atoms with van der Waals surface area (Å²) in [5.41, 5.74) is 5.35. The van der Waals surface area contributed by atoms with Gasteiger partial charge in [0, 0.05) is 13.0 Å². The lowest BCUT2D eigenvalue weighted by atomic mass is 10.0. The molecule has 54 heavy (non-hydrogen) atoms. The number of unbranched alkanes of at least 4 members (excludes halogenated alkanes) is 27. The highest BCUT2D eigenvalue weighted by molar-refractivity contribution is 7.47. The van der Waals surface area contributed by atoms with Crippen molar-refractivity contribution in [2.24, 2.45) is 5.73 Å². The molecule has 10 nitrogen and oxygen atoms in total. The molecular formula is C43H84NO9P. The van der Waals surface area contributed by atoms with Crippen LogP contribution < -0.4 is 5.73 Å². The molecule has 0 aliphatic heterocycles. The van der Waals surface area contributed by atoms with E-state index in [-0.39, 0.29) is 13.0 Å². The third-order valence-corrected chi connectivity index (χ3v) is 10.7. The second-order valence-corrected chi connectivity index (χ2v) is 16.6. The molecular weight excluding hydrogens is 705 g/mol. The monoisotopic (exact) mass is 790 g/mol. The molecule has 4 N–H and O–H groups in total. The van der Waals surface area contributed by atoms with Crippen LogP contribution in [0, 0.1) is 0 Å². The number of rotatable bonds is 43. The fourth-order valence-corrected chi connectivity index (χ4v) is 7.08. The summed E-state index contributed by atoms with van der Waals surface area (Å²) in [5, 5.41) is 8.89. The van der Waals surface area contributed by atoms with Gasteiger partial charge in [0.2, 0.25) is 0 Å². The van der Waals surface area contributed by atoms with Crippen LogP contribution in [0.2, 0.25) is 0 Å². The molecule has 0 aliphatic rings. The van der Waals surface area contributed by atoms with E-state index >= 15 is 0 Å². The first kappa shape index (κ1) is 52.7. The van der Waals surface area contributed by atoms with E-state index in [0.29, 0.717) is 13.0 Å². The number of phosphoric ester groups is 1. The average molecular weight is 790 g/mol. The van der Waals surface area contributed by atoms with Gasteiger partial charge >= 0.3 is 19.8 Å². The van der Waals surface area contributed by atoms with Gasteiger partial charge in [0.1, 0.15) is 12.1 Å². The number of hydrogen-bond donors (Lipinski definition) is 3. The van der Waals surface area contributed by atoms with Gasteiger partial charge in [0.05, 0.1) is 19.8 Å². The van der Waals surface area contributed by atoms with E-state index < -0.39 is 45.1 Å². The summed E-state index contributed by atoms with van der Waals surface area (Å²) in [6.45, 7) is 3.88. The van der Waals surface area contributed by atoms with Crippen LogP contribution in [-0.4, -0.2) is 60.5 Å². The topological polar surface area (TPSA) is 155 Å². The minimum absolute atomic E-state index is 0.0193. The van der Waals surface area contributed by atoms with Crippen LogP contribution in [0.25, 0.3) is 0 Å². The number of carboxylic acid groups (broad SMARTS) is 1. The normalized spacial score (nSPS) is 14.0. The highest BCUT2D eigenvalue weighted by Gasteiger charge is 2.27. The Morgan fingerprint density at radius 1 is 0.574 bits per heavy atom. The van der Waals surface area contributed by atoms with Gasteiger partial charge in [0.15, 0.2) is 0 Å². The molecule has 11 heteroatoms. The summed E-state index contributed by atoms with van der Waals surface area (Å²) in [6, 6.07) is -1.47. The van der Waals surface area contributed by atoms with Crippen molar-refractivity contribution in [3.8, 4) is 0 Å². The molecule has 0 spiro atoms. The summed E-state index contributed by atoms with van der Waals surface area (Å²) in [6.07, 6.45) is 41.3. The van der Waals surface area contributed by atoms with Gasteiger partial charge in [-0.1, -0.05) is 180 Å². The van der Waals surface area contributed by atoms with Crippen molar-refractivity contribution in [3.63, 3.8) is 0 Å². The molecule has 0 saturated carbocycles. The van der Waals surface area contributed by atoms with Gasteiger partial charge in [-0.3, -0.25) is 18.6 Å². The number of nitrogens with two attached hydrogens (primary N) is 1. The molecule has 0 aliphatic carbocycles. The average Bonchev–Trinajstić information content (AvgIpc) is 3.15. The Kier molecular flexibility index (Phi) is 39.0. The Bertz CT molecular complexity index is 919. The minimum atomic E-state index is -4.61. The number of carbonyl (C=O) groups excluding carboxylic acids is 1. The first-order valence-corrected chi connectivity index (χ1v) is 23.7. The molecule has 0 heterocycles. The number of allylic oxidation sites excluding steroid dienone is 2. The van der Waals surface area contributed by atoms with Crippen molar-refractivity contribution in [2.75, 3.05) is 26.4 Å². The quantitative estimate of drug-likeness (QED) is 0.0235. The summed E-state index contributed by atoms with van der Waals surface area (Å²) in [4.78, 5) is 33.5. The van der Waals surface area contributed by atoms with E-state index in [1.165, 1.54) is 128 Å². The highest BCUT2D eigenvalue weighted by Crippen LogP contribution is 2.43. The lowest BCUT2D eigenvalue weighted by Crippen LogP contribution is -2.34. The minimum Gasteiger partial charge on any atom is -0.480 e. The SMILES string of the molecule is CCCCC/C=C\CCCCCCCC(=O)OC(COCCCCCCCCCCCCCCCCCCCCCC)COP(=O)(O)OCC(N)C(=O)O. The van der Waals surface area contributed by atoms with Gasteiger partial charge in [-0.05, 0) is 38.5 Å². The lowest BCUT2D eigenvalue weighted by molar-refractivity contribution is -0.154. The van der Waals surface area contributed by atoms with E-state index in [1.807, 2.05) is 0 Å². The smallest absolute Gasteiger partial charge is 0.472 e. The number of hydrogen-bond acceptors (Lipinski definition) is 8. The number of esters is 1. The van der Waals surface area contributed by atoms with Crippen molar-refractivity contribution in [1.29, 1.82) is 0 Å². The molecule has 0 radical (unpaired) electrons. The Morgan fingerprint density at radius 2 is 0.963 bits per heavy atom. The van der Waals surface area contributed by atoms with Gasteiger partial charge in [-0.25, -0.2) is 4.57 Å². The van der Waals surface area contributed by atoms with E-state index in [9.17, 15) is 19.0 Å². The Morgan fingerprint density at radius 3 is 1.44 bits per heavy atom. The van der Waals surface area contributed by atoms with Gasteiger partial charge in [-0.15, -0.1) is 0 Å². The highest BCUT2D eigenvalue weighted by atomic mass is 31.2. The molecule has 0 amide bonds. The molecule has 320 valence electrons. The van der Waals surface area contributed by atoms with Gasteiger partial charge in [0.25, 0.3) is 0 Å². The molecule has 0 fully saturated rings. The third-order valence-electron chi connectivity index (χ3n) is 9.79. The molecule has 3 unspecified atom stereocenters. The first-order valence-electron chi connectivity index (χ1n) is 22.2. The van der Waals surface area contributed by atoms with Crippen molar-refractivity contribution in [2.45, 2.75) is 225 Å². The summed E-state index contributed by atoms with van der Waals surface area (Å²) in [5.74, 6) is -1.78. The summed E-state index contributed by atoms with van der Waals surface area (Å²) >= 11 is 0. The van der Waals surface area contributed by atoms with E-state index in [4.69, 9.17) is 29.4 Å². The lowest BCUT2D eigenvalue weighted by Gasteiger charge is -2.20. The Hall–Kier alpha value is -1.29. The Balaban J connectivity index is 4.13. The zero-order chi connectivity index (χ0) is 39.8. The number of phosphoric acid groups is 1. The van der Waals surface area contributed by atoms with Crippen molar-refractivity contribution >= 4 is 19.8 Å². The fourth-order valence-electron chi connectivity index (χ4n) is 6.31. The van der Waals surface area contributed by atoms with Crippen molar-refractivity contribution in [1.82, 2.24) is 0 Å². The third kappa shape index (κ3) is 39.0. The second kappa shape index (κ2) is 39.9. The second-order valence-electron chi connectivity index (χ2n) is 15.2. The predicted molar refractivity (Wildman–Crippen MR) is 222 cm³/mol. The van der Waals surface area contributed by atoms with Gasteiger partial charge in [-0.2, -0.15) is 0 Å². The van der Waals surface area contributed by atoms with Crippen molar-refractivity contribution in [3.05, 3.63) is 12.2 Å². The van der Waals surface area contributed by atoms with Crippen LogP contribution in [0.3, 0.4) is 0 Å². The molecule has 0 bridgehead atoms. The maximum Gasteiger partial charge on any atom is 0.472 e. The van der Waals surface area contributed by atoms with Crippen molar-refractivity contribution < 1.29 is 42.7 Å². The maximum absolute atomic E-state index is 12.6.